The number of H-pyrrole nitrogens is 1. The van der Waals surface area contributed by atoms with Gasteiger partial charge in [-0.3, -0.25) is 14.7 Å². The molecule has 0 fully saturated rings. The Kier molecular flexibility index (Phi) is 8.33. The third-order valence-electron chi connectivity index (χ3n) is 3.97. The monoisotopic (exact) mass is 427 g/mol. The van der Waals surface area contributed by atoms with Gasteiger partial charge in [0.05, 0.1) is 10.6 Å². The van der Waals surface area contributed by atoms with E-state index in [9.17, 15) is 9.59 Å². The Morgan fingerprint density at radius 2 is 2.15 bits per heavy atom. The Hall–Kier alpha value is -1.84. The first-order valence-electron chi connectivity index (χ1n) is 8.36. The van der Waals surface area contributed by atoms with Gasteiger partial charge in [0, 0.05) is 20.0 Å². The fourth-order valence-electron chi connectivity index (χ4n) is 2.41. The number of benzene rings is 1. The van der Waals surface area contributed by atoms with Crippen molar-refractivity contribution in [1.29, 1.82) is 0 Å². The Balaban J connectivity index is 1.96. The third kappa shape index (κ3) is 6.08. The molecule has 1 aromatic carbocycles. The highest BCUT2D eigenvalue weighted by Crippen LogP contribution is 2.15. The molecule has 3 N–H and O–H groups in total. The highest BCUT2D eigenvalue weighted by molar-refractivity contribution is 7.98. The number of carbonyl (C=O) groups excluding carboxylic acids is 2. The van der Waals surface area contributed by atoms with Crippen LogP contribution >= 0.6 is 35.6 Å². The summed E-state index contributed by atoms with van der Waals surface area (Å²) in [5.74, 6) is 0.896. The fourth-order valence-corrected chi connectivity index (χ4v) is 3.25. The van der Waals surface area contributed by atoms with Crippen LogP contribution in [0.15, 0.2) is 24.3 Å². The molecular formula is C17H22ClN5O2S2. The summed E-state index contributed by atoms with van der Waals surface area (Å²) in [6.45, 7) is 0.393. The lowest BCUT2D eigenvalue weighted by molar-refractivity contribution is -0.123. The van der Waals surface area contributed by atoms with Crippen molar-refractivity contribution in [2.45, 2.75) is 18.9 Å². The number of rotatable bonds is 9. The number of nitrogens with one attached hydrogen (secondary N) is 3. The van der Waals surface area contributed by atoms with Crippen LogP contribution in [0.1, 0.15) is 22.6 Å². The first-order chi connectivity index (χ1) is 12.9. The normalized spacial score (nSPS) is 11.8. The molecular weight excluding hydrogens is 406 g/mol. The quantitative estimate of drug-likeness (QED) is 0.534. The van der Waals surface area contributed by atoms with E-state index in [0.717, 1.165) is 11.6 Å². The molecule has 1 atom stereocenters. The van der Waals surface area contributed by atoms with Gasteiger partial charge in [-0.2, -0.15) is 16.9 Å². The molecule has 2 rings (SSSR count). The van der Waals surface area contributed by atoms with Crippen LogP contribution in [0, 0.1) is 4.77 Å². The zero-order valence-corrected chi connectivity index (χ0v) is 17.5. The zero-order valence-electron chi connectivity index (χ0n) is 15.1. The average molecular weight is 428 g/mol. The van der Waals surface area contributed by atoms with Crippen LogP contribution in [-0.2, 0) is 18.3 Å². The molecule has 27 heavy (non-hydrogen) atoms. The van der Waals surface area contributed by atoms with Crippen molar-refractivity contribution in [2.24, 2.45) is 7.05 Å². The molecule has 0 saturated carbocycles. The van der Waals surface area contributed by atoms with E-state index in [4.69, 9.17) is 23.8 Å². The van der Waals surface area contributed by atoms with E-state index in [1.165, 1.54) is 0 Å². The highest BCUT2D eigenvalue weighted by Gasteiger charge is 2.22. The van der Waals surface area contributed by atoms with Crippen molar-refractivity contribution in [3.8, 4) is 0 Å². The maximum Gasteiger partial charge on any atom is 0.253 e. The van der Waals surface area contributed by atoms with Gasteiger partial charge < -0.3 is 15.2 Å². The van der Waals surface area contributed by atoms with Gasteiger partial charge in [-0.1, -0.05) is 23.7 Å². The van der Waals surface area contributed by atoms with Gasteiger partial charge in [-0.25, -0.2) is 0 Å². The number of nitrogens with zero attached hydrogens (tertiary/aromatic N) is 2. The Morgan fingerprint density at radius 3 is 2.78 bits per heavy atom. The minimum absolute atomic E-state index is 0.235. The van der Waals surface area contributed by atoms with E-state index in [0.29, 0.717) is 34.7 Å². The summed E-state index contributed by atoms with van der Waals surface area (Å²) >= 11 is 12.7. The van der Waals surface area contributed by atoms with E-state index in [-0.39, 0.29) is 11.8 Å². The first-order valence-corrected chi connectivity index (χ1v) is 10.5. The van der Waals surface area contributed by atoms with E-state index in [2.05, 4.69) is 20.8 Å². The molecule has 146 valence electrons. The lowest BCUT2D eigenvalue weighted by Gasteiger charge is -2.18. The molecule has 0 saturated heterocycles. The number of carbonyl (C=O) groups is 2. The maximum atomic E-state index is 12.6. The molecule has 2 aromatic rings. The number of aromatic nitrogens is 3. The Labute approximate surface area is 172 Å². The second kappa shape index (κ2) is 10.5. The van der Waals surface area contributed by atoms with Gasteiger partial charge in [0.2, 0.25) is 5.91 Å². The summed E-state index contributed by atoms with van der Waals surface area (Å²) in [5, 5.41) is 12.8. The molecule has 0 aliphatic carbocycles. The molecule has 7 nitrogen and oxygen atoms in total. The standard InChI is InChI=1S/C17H22ClN5O2S2/c1-23-14(21-22-17(23)26)7-9-19-16(25)13(8-10-27-2)20-15(24)11-5-3-4-6-12(11)18/h3-6,13H,7-10H2,1-2H3,(H,19,25)(H,20,24)(H,22,26). The number of amides is 2. The van der Waals surface area contributed by atoms with Crippen LogP contribution in [0.3, 0.4) is 0 Å². The van der Waals surface area contributed by atoms with Gasteiger partial charge in [0.15, 0.2) is 4.77 Å². The van der Waals surface area contributed by atoms with Crippen LogP contribution in [0.4, 0.5) is 0 Å². The Bertz CT molecular complexity index is 852. The van der Waals surface area contributed by atoms with E-state index < -0.39 is 6.04 Å². The number of hydrogen-bond acceptors (Lipinski definition) is 5. The van der Waals surface area contributed by atoms with Crippen LogP contribution in [-0.4, -0.2) is 51.2 Å². The van der Waals surface area contributed by atoms with Gasteiger partial charge >= 0.3 is 0 Å². The number of aromatic amines is 1. The molecule has 10 heteroatoms. The summed E-state index contributed by atoms with van der Waals surface area (Å²) in [7, 11) is 1.81. The SMILES string of the molecule is CSCCC(NC(=O)c1ccccc1Cl)C(=O)NCCc1n[nH]c(=S)n1C. The van der Waals surface area contributed by atoms with E-state index in [1.54, 1.807) is 40.6 Å². The van der Waals surface area contributed by atoms with Gasteiger partial charge in [-0.05, 0) is 42.8 Å². The Morgan fingerprint density at radius 1 is 1.41 bits per heavy atom. The molecule has 1 aromatic heterocycles. The number of hydrogen-bond donors (Lipinski definition) is 3. The fraction of sp³-hybridized carbons (Fsp3) is 0.412. The van der Waals surface area contributed by atoms with Gasteiger partial charge in [0.25, 0.3) is 5.91 Å². The molecule has 1 unspecified atom stereocenters. The first kappa shape index (κ1) is 21.5. The molecule has 1 heterocycles. The summed E-state index contributed by atoms with van der Waals surface area (Å²) < 4.78 is 2.28. The molecule has 0 spiro atoms. The summed E-state index contributed by atoms with van der Waals surface area (Å²) in [6.07, 6.45) is 3.01. The summed E-state index contributed by atoms with van der Waals surface area (Å²) in [4.78, 5) is 25.0. The second-order valence-electron chi connectivity index (χ2n) is 5.83. The average Bonchev–Trinajstić information content (AvgIpc) is 2.97. The van der Waals surface area contributed by atoms with Crippen molar-refractivity contribution < 1.29 is 9.59 Å². The van der Waals surface area contributed by atoms with Gasteiger partial charge in [-0.15, -0.1) is 0 Å². The van der Waals surface area contributed by atoms with Crippen molar-refractivity contribution in [3.05, 3.63) is 45.4 Å². The van der Waals surface area contributed by atoms with Crippen molar-refractivity contribution in [2.75, 3.05) is 18.6 Å². The highest BCUT2D eigenvalue weighted by atomic mass is 35.5. The summed E-state index contributed by atoms with van der Waals surface area (Å²) in [6, 6.07) is 6.12. The maximum absolute atomic E-state index is 12.6. The van der Waals surface area contributed by atoms with Gasteiger partial charge in [0.1, 0.15) is 11.9 Å². The lowest BCUT2D eigenvalue weighted by atomic mass is 10.1. The zero-order chi connectivity index (χ0) is 19.8. The van der Waals surface area contributed by atoms with E-state index >= 15 is 0 Å². The van der Waals surface area contributed by atoms with Crippen LogP contribution in [0.5, 0.6) is 0 Å². The van der Waals surface area contributed by atoms with Crippen molar-refractivity contribution in [1.82, 2.24) is 25.4 Å². The third-order valence-corrected chi connectivity index (χ3v) is 5.31. The molecule has 0 aliphatic rings. The van der Waals surface area contributed by atoms with Crippen LogP contribution in [0.2, 0.25) is 5.02 Å². The largest absolute Gasteiger partial charge is 0.354 e. The minimum atomic E-state index is -0.635. The molecule has 0 radical (unpaired) electrons. The predicted octanol–water partition coefficient (Wildman–Crippen LogP) is 2.34. The topological polar surface area (TPSA) is 91.8 Å². The van der Waals surface area contributed by atoms with Crippen LogP contribution in [0.25, 0.3) is 0 Å². The summed E-state index contributed by atoms with van der Waals surface area (Å²) in [5.41, 5.74) is 0.350. The van der Waals surface area contributed by atoms with Crippen molar-refractivity contribution >= 4 is 47.4 Å². The minimum Gasteiger partial charge on any atom is -0.354 e. The molecule has 0 aliphatic heterocycles. The predicted molar refractivity (Wildman–Crippen MR) is 111 cm³/mol. The second-order valence-corrected chi connectivity index (χ2v) is 7.61. The smallest absolute Gasteiger partial charge is 0.253 e. The lowest BCUT2D eigenvalue weighted by Crippen LogP contribution is -2.47. The molecule has 2 amide bonds. The van der Waals surface area contributed by atoms with E-state index in [1.807, 2.05) is 13.3 Å². The van der Waals surface area contributed by atoms with Crippen LogP contribution < -0.4 is 10.6 Å². The molecule has 0 bridgehead atoms. The number of thioether (sulfide) groups is 1. The van der Waals surface area contributed by atoms with Crippen molar-refractivity contribution in [3.63, 3.8) is 0 Å². The number of halogens is 1.